The van der Waals surface area contributed by atoms with Gasteiger partial charge in [-0.25, -0.2) is 0 Å². The minimum Gasteiger partial charge on any atom is -0.481 e. The predicted octanol–water partition coefficient (Wildman–Crippen LogP) is 6.11. The molecule has 0 aliphatic heterocycles. The van der Waals surface area contributed by atoms with Crippen molar-refractivity contribution in [1.29, 1.82) is 0 Å². The summed E-state index contributed by atoms with van der Waals surface area (Å²) in [7, 11) is 0. The molecule has 0 unspecified atom stereocenters. The summed E-state index contributed by atoms with van der Waals surface area (Å²) in [6, 6.07) is 0. The van der Waals surface area contributed by atoms with Crippen LogP contribution >= 0.6 is 0 Å². The molecule has 0 heterocycles. The lowest BCUT2D eigenvalue weighted by Crippen LogP contribution is -1.92. The van der Waals surface area contributed by atoms with E-state index in [0.29, 0.717) is 6.42 Å². The number of aliphatic carboxylic acids is 1. The highest BCUT2D eigenvalue weighted by Crippen LogP contribution is 2.11. The van der Waals surface area contributed by atoms with Gasteiger partial charge in [0, 0.05) is 6.42 Å². The van der Waals surface area contributed by atoms with Gasteiger partial charge in [-0.1, -0.05) is 76.9 Å². The molecule has 0 saturated carbocycles. The third kappa shape index (κ3) is 17.2. The molecule has 0 aromatic rings. The molecule has 2 nitrogen and oxygen atoms in total. The normalized spacial score (nSPS) is 11.2. The van der Waals surface area contributed by atoms with Crippen LogP contribution in [0.1, 0.15) is 96.8 Å². The smallest absolute Gasteiger partial charge is 0.303 e. The fourth-order valence-electron chi connectivity index (χ4n) is 2.36. The average Bonchev–Trinajstić information content (AvgIpc) is 2.43. The second-order valence-corrected chi connectivity index (χ2v) is 5.73. The number of allylic oxidation sites excluding steroid dienone is 2. The van der Waals surface area contributed by atoms with Crippen LogP contribution in [0.15, 0.2) is 12.2 Å². The fourth-order valence-corrected chi connectivity index (χ4v) is 2.36. The average molecular weight is 282 g/mol. The Morgan fingerprint density at radius 2 is 1.20 bits per heavy atom. The Bertz CT molecular complexity index is 234. The van der Waals surface area contributed by atoms with Crippen molar-refractivity contribution < 1.29 is 9.90 Å². The molecule has 0 rings (SSSR count). The molecular formula is C18H34O2. The van der Waals surface area contributed by atoms with Crippen molar-refractivity contribution in [1.82, 2.24) is 0 Å². The highest BCUT2D eigenvalue weighted by Gasteiger charge is 1.94. The van der Waals surface area contributed by atoms with E-state index in [2.05, 4.69) is 19.1 Å². The Morgan fingerprint density at radius 1 is 0.750 bits per heavy atom. The standard InChI is InChI=1S/C18H34O2/c1-2-3-4-5-6-7-8-9-10-11-12-13-14-15-16-17-18(19)20/h13-14H,2-12,15-17H2,1H3,(H,19,20)/b14-13+. The van der Waals surface area contributed by atoms with Gasteiger partial charge in [0.2, 0.25) is 0 Å². The Morgan fingerprint density at radius 3 is 1.70 bits per heavy atom. The molecular weight excluding hydrogens is 248 g/mol. The van der Waals surface area contributed by atoms with E-state index >= 15 is 0 Å². The Labute approximate surface area is 125 Å². The van der Waals surface area contributed by atoms with Crippen LogP contribution in [-0.4, -0.2) is 11.1 Å². The number of hydrogen-bond acceptors (Lipinski definition) is 1. The van der Waals surface area contributed by atoms with E-state index in [1.165, 1.54) is 64.2 Å². The van der Waals surface area contributed by atoms with Gasteiger partial charge in [-0.3, -0.25) is 4.79 Å². The van der Waals surface area contributed by atoms with Crippen LogP contribution in [-0.2, 0) is 4.79 Å². The van der Waals surface area contributed by atoms with Gasteiger partial charge in [-0.05, 0) is 25.7 Å². The van der Waals surface area contributed by atoms with Crippen molar-refractivity contribution in [3.05, 3.63) is 12.2 Å². The van der Waals surface area contributed by atoms with Crippen LogP contribution in [0.3, 0.4) is 0 Å². The first-order valence-electron chi connectivity index (χ1n) is 8.64. The van der Waals surface area contributed by atoms with E-state index < -0.39 is 5.97 Å². The summed E-state index contributed by atoms with van der Waals surface area (Å²) >= 11 is 0. The van der Waals surface area contributed by atoms with Crippen LogP contribution < -0.4 is 0 Å². The number of rotatable bonds is 15. The number of carboxylic acid groups (broad SMARTS) is 1. The predicted molar refractivity (Wildman–Crippen MR) is 87.1 cm³/mol. The van der Waals surface area contributed by atoms with Gasteiger partial charge in [0.25, 0.3) is 0 Å². The summed E-state index contributed by atoms with van der Waals surface area (Å²) in [6.45, 7) is 2.26. The largest absolute Gasteiger partial charge is 0.481 e. The molecule has 0 atom stereocenters. The molecule has 0 radical (unpaired) electrons. The Balaban J connectivity index is 3.05. The molecule has 0 aromatic carbocycles. The first-order chi connectivity index (χ1) is 9.77. The molecule has 0 saturated heterocycles. The maximum atomic E-state index is 10.3. The van der Waals surface area contributed by atoms with Crippen LogP contribution in [0.2, 0.25) is 0 Å². The van der Waals surface area contributed by atoms with Crippen molar-refractivity contribution >= 4 is 5.97 Å². The molecule has 0 aliphatic carbocycles. The monoisotopic (exact) mass is 282 g/mol. The molecule has 0 aromatic heterocycles. The van der Waals surface area contributed by atoms with Crippen molar-refractivity contribution in [2.75, 3.05) is 0 Å². The van der Waals surface area contributed by atoms with Gasteiger partial charge in [0.05, 0.1) is 0 Å². The summed E-state index contributed by atoms with van der Waals surface area (Å²) in [5.74, 6) is -0.687. The second kappa shape index (κ2) is 16.3. The molecule has 20 heavy (non-hydrogen) atoms. The lowest BCUT2D eigenvalue weighted by molar-refractivity contribution is -0.137. The van der Waals surface area contributed by atoms with Gasteiger partial charge < -0.3 is 5.11 Å². The van der Waals surface area contributed by atoms with E-state index in [1.54, 1.807) is 0 Å². The Kier molecular flexibility index (Phi) is 15.6. The van der Waals surface area contributed by atoms with Crippen LogP contribution in [0.25, 0.3) is 0 Å². The van der Waals surface area contributed by atoms with Crippen molar-refractivity contribution in [2.24, 2.45) is 0 Å². The molecule has 2 heteroatoms. The first kappa shape index (κ1) is 19.2. The summed E-state index contributed by atoms with van der Waals surface area (Å²) in [5.41, 5.74) is 0. The summed E-state index contributed by atoms with van der Waals surface area (Å²) < 4.78 is 0. The van der Waals surface area contributed by atoms with Crippen molar-refractivity contribution in [3.63, 3.8) is 0 Å². The number of unbranched alkanes of at least 4 members (excludes halogenated alkanes) is 11. The summed E-state index contributed by atoms with van der Waals surface area (Å²) in [6.07, 6.45) is 21.3. The van der Waals surface area contributed by atoms with Crippen molar-refractivity contribution in [3.8, 4) is 0 Å². The molecule has 0 aliphatic rings. The highest BCUT2D eigenvalue weighted by molar-refractivity contribution is 5.66. The van der Waals surface area contributed by atoms with Gasteiger partial charge in [-0.15, -0.1) is 0 Å². The minimum atomic E-state index is -0.687. The van der Waals surface area contributed by atoms with E-state index in [1.807, 2.05) is 0 Å². The minimum absolute atomic E-state index is 0.294. The van der Waals surface area contributed by atoms with E-state index in [0.717, 1.165) is 19.3 Å². The third-order valence-electron chi connectivity index (χ3n) is 3.65. The zero-order chi connectivity index (χ0) is 14.9. The highest BCUT2D eigenvalue weighted by atomic mass is 16.4. The summed E-state index contributed by atoms with van der Waals surface area (Å²) in [5, 5.41) is 8.49. The molecule has 0 amide bonds. The SMILES string of the molecule is CCCCCCCCCCCC/C=C/CCCC(=O)O. The first-order valence-corrected chi connectivity index (χ1v) is 8.64. The van der Waals surface area contributed by atoms with E-state index in [4.69, 9.17) is 5.11 Å². The third-order valence-corrected chi connectivity index (χ3v) is 3.65. The number of carbonyl (C=O) groups is 1. The maximum absolute atomic E-state index is 10.3. The van der Waals surface area contributed by atoms with Crippen LogP contribution in [0, 0.1) is 0 Å². The topological polar surface area (TPSA) is 37.3 Å². The van der Waals surface area contributed by atoms with Gasteiger partial charge in [0.15, 0.2) is 0 Å². The summed E-state index contributed by atoms with van der Waals surface area (Å²) in [4.78, 5) is 10.3. The second-order valence-electron chi connectivity index (χ2n) is 5.73. The molecule has 118 valence electrons. The van der Waals surface area contributed by atoms with Crippen molar-refractivity contribution in [2.45, 2.75) is 96.8 Å². The zero-order valence-electron chi connectivity index (χ0n) is 13.4. The lowest BCUT2D eigenvalue weighted by Gasteiger charge is -2.01. The maximum Gasteiger partial charge on any atom is 0.303 e. The van der Waals surface area contributed by atoms with Gasteiger partial charge in [-0.2, -0.15) is 0 Å². The van der Waals surface area contributed by atoms with E-state index in [9.17, 15) is 4.79 Å². The van der Waals surface area contributed by atoms with Gasteiger partial charge >= 0.3 is 5.97 Å². The number of carboxylic acids is 1. The molecule has 0 bridgehead atoms. The molecule has 0 spiro atoms. The number of hydrogen-bond donors (Lipinski definition) is 1. The zero-order valence-corrected chi connectivity index (χ0v) is 13.4. The lowest BCUT2D eigenvalue weighted by atomic mass is 10.1. The molecule has 1 N–H and O–H groups in total. The van der Waals surface area contributed by atoms with Gasteiger partial charge in [0.1, 0.15) is 0 Å². The fraction of sp³-hybridized carbons (Fsp3) is 0.833. The quantitative estimate of drug-likeness (QED) is 0.291. The van der Waals surface area contributed by atoms with E-state index in [-0.39, 0.29) is 0 Å². The Hall–Kier alpha value is -0.790. The van der Waals surface area contributed by atoms with Crippen LogP contribution in [0.5, 0.6) is 0 Å². The molecule has 0 fully saturated rings. The van der Waals surface area contributed by atoms with Crippen LogP contribution in [0.4, 0.5) is 0 Å².